The number of nitrogen functional groups attached to an aromatic ring is 1. The minimum Gasteiger partial charge on any atom is -0.396 e. The van der Waals surface area contributed by atoms with Gasteiger partial charge in [0.05, 0.1) is 16.8 Å². The molecule has 2 N–H and O–H groups in total. The summed E-state index contributed by atoms with van der Waals surface area (Å²) in [5.74, 6) is -1.34. The summed E-state index contributed by atoms with van der Waals surface area (Å²) in [6, 6.07) is 1.31. The predicted octanol–water partition coefficient (Wildman–Crippen LogP) is 2.24. The first-order valence-electron chi connectivity index (χ1n) is 3.48. The van der Waals surface area contributed by atoms with Crippen molar-refractivity contribution in [3.63, 3.8) is 0 Å². The fourth-order valence-electron chi connectivity index (χ4n) is 0.948. The highest BCUT2D eigenvalue weighted by atomic mass is 19.4. The van der Waals surface area contributed by atoms with E-state index < -0.39 is 28.8 Å². The number of anilines is 1. The van der Waals surface area contributed by atoms with Gasteiger partial charge in [0.1, 0.15) is 0 Å². The van der Waals surface area contributed by atoms with Crippen LogP contribution < -0.4 is 5.73 Å². The van der Waals surface area contributed by atoms with Gasteiger partial charge in [-0.1, -0.05) is 0 Å². The first-order chi connectivity index (χ1) is 6.38. The average Bonchev–Trinajstić information content (AvgIpc) is 2.07. The van der Waals surface area contributed by atoms with Gasteiger partial charge in [0, 0.05) is 0 Å². The van der Waals surface area contributed by atoms with Crippen LogP contribution in [0.1, 0.15) is 15.9 Å². The third kappa shape index (κ3) is 1.68. The van der Waals surface area contributed by atoms with Crippen LogP contribution in [0, 0.1) is 5.82 Å². The van der Waals surface area contributed by atoms with Crippen molar-refractivity contribution in [1.29, 1.82) is 0 Å². The Morgan fingerprint density at radius 3 is 2.29 bits per heavy atom. The van der Waals surface area contributed by atoms with E-state index in [0.717, 1.165) is 6.07 Å². The lowest BCUT2D eigenvalue weighted by Crippen LogP contribution is -2.11. The molecule has 0 fully saturated rings. The highest BCUT2D eigenvalue weighted by molar-refractivity contribution is 5.78. The molecule has 0 heterocycles. The number of rotatable bonds is 1. The molecule has 0 saturated heterocycles. The molecule has 76 valence electrons. The summed E-state index contributed by atoms with van der Waals surface area (Å²) in [5.41, 5.74) is 2.07. The van der Waals surface area contributed by atoms with Crippen LogP contribution in [0.3, 0.4) is 0 Å². The highest BCUT2D eigenvalue weighted by Gasteiger charge is 2.34. The number of carbonyl (C=O) groups excluding carboxylic acids is 1. The molecule has 0 aromatic heterocycles. The molecule has 14 heavy (non-hydrogen) atoms. The van der Waals surface area contributed by atoms with E-state index >= 15 is 0 Å². The van der Waals surface area contributed by atoms with Crippen LogP contribution in [-0.2, 0) is 6.18 Å². The zero-order chi connectivity index (χ0) is 10.9. The summed E-state index contributed by atoms with van der Waals surface area (Å²) in [4.78, 5) is 10.2. The van der Waals surface area contributed by atoms with Crippen LogP contribution >= 0.6 is 0 Å². The van der Waals surface area contributed by atoms with Crippen LogP contribution in [0.5, 0.6) is 0 Å². The quantitative estimate of drug-likeness (QED) is 0.436. The summed E-state index contributed by atoms with van der Waals surface area (Å²) in [5, 5.41) is 0. The number of halogens is 4. The SMILES string of the molecule is Nc1c(C(F)(F)F)ccc(C=O)c1F. The second-order valence-electron chi connectivity index (χ2n) is 2.55. The topological polar surface area (TPSA) is 43.1 Å². The van der Waals surface area contributed by atoms with Crippen LogP contribution in [-0.4, -0.2) is 6.29 Å². The largest absolute Gasteiger partial charge is 0.418 e. The molecular formula is C8H5F4NO. The Bertz CT molecular complexity index is 372. The van der Waals surface area contributed by atoms with Crippen molar-refractivity contribution < 1.29 is 22.4 Å². The maximum atomic E-state index is 12.9. The Labute approximate surface area is 76.3 Å². The molecular weight excluding hydrogens is 202 g/mol. The molecule has 0 spiro atoms. The van der Waals surface area contributed by atoms with Crippen LogP contribution in [0.4, 0.5) is 23.2 Å². The van der Waals surface area contributed by atoms with Gasteiger partial charge in [-0.25, -0.2) is 4.39 Å². The van der Waals surface area contributed by atoms with Crippen LogP contribution in [0.15, 0.2) is 12.1 Å². The maximum absolute atomic E-state index is 12.9. The number of benzene rings is 1. The molecule has 1 aromatic carbocycles. The van der Waals surface area contributed by atoms with Crippen molar-refractivity contribution in [2.24, 2.45) is 0 Å². The average molecular weight is 207 g/mol. The number of hydrogen-bond acceptors (Lipinski definition) is 2. The predicted molar refractivity (Wildman–Crippen MR) is 41.2 cm³/mol. The van der Waals surface area contributed by atoms with Gasteiger partial charge in [-0.15, -0.1) is 0 Å². The molecule has 0 aliphatic carbocycles. The summed E-state index contributed by atoms with van der Waals surface area (Å²) in [7, 11) is 0. The third-order valence-corrected chi connectivity index (χ3v) is 1.64. The van der Waals surface area contributed by atoms with Crippen molar-refractivity contribution in [2.75, 3.05) is 5.73 Å². The van der Waals surface area contributed by atoms with E-state index in [2.05, 4.69) is 0 Å². The smallest absolute Gasteiger partial charge is 0.396 e. The fourth-order valence-corrected chi connectivity index (χ4v) is 0.948. The number of alkyl halides is 3. The van der Waals surface area contributed by atoms with Gasteiger partial charge in [-0.3, -0.25) is 4.79 Å². The van der Waals surface area contributed by atoms with Crippen molar-refractivity contribution in [1.82, 2.24) is 0 Å². The lowest BCUT2D eigenvalue weighted by Gasteiger charge is -2.10. The normalized spacial score (nSPS) is 11.4. The molecule has 0 aliphatic rings. The summed E-state index contributed by atoms with van der Waals surface area (Å²) >= 11 is 0. The number of aldehydes is 1. The van der Waals surface area contributed by atoms with Gasteiger partial charge in [0.15, 0.2) is 12.1 Å². The minimum absolute atomic E-state index is 0.103. The lowest BCUT2D eigenvalue weighted by molar-refractivity contribution is -0.137. The molecule has 0 bridgehead atoms. The summed E-state index contributed by atoms with van der Waals surface area (Å²) < 4.78 is 49.3. The minimum atomic E-state index is -4.72. The Morgan fingerprint density at radius 2 is 1.86 bits per heavy atom. The highest BCUT2D eigenvalue weighted by Crippen LogP contribution is 2.35. The van der Waals surface area contributed by atoms with E-state index in [4.69, 9.17) is 5.73 Å². The van der Waals surface area contributed by atoms with Crippen molar-refractivity contribution >= 4 is 12.0 Å². The van der Waals surface area contributed by atoms with Crippen molar-refractivity contribution in [2.45, 2.75) is 6.18 Å². The van der Waals surface area contributed by atoms with E-state index in [9.17, 15) is 22.4 Å². The van der Waals surface area contributed by atoms with Gasteiger partial charge >= 0.3 is 6.18 Å². The van der Waals surface area contributed by atoms with Crippen LogP contribution in [0.25, 0.3) is 0 Å². The molecule has 0 radical (unpaired) electrons. The molecule has 0 unspecified atom stereocenters. The van der Waals surface area contributed by atoms with Crippen molar-refractivity contribution in [3.05, 3.63) is 29.1 Å². The molecule has 6 heteroatoms. The third-order valence-electron chi connectivity index (χ3n) is 1.64. The van der Waals surface area contributed by atoms with E-state index in [1.807, 2.05) is 0 Å². The number of nitrogens with two attached hydrogens (primary N) is 1. The van der Waals surface area contributed by atoms with Crippen molar-refractivity contribution in [3.8, 4) is 0 Å². The van der Waals surface area contributed by atoms with Crippen LogP contribution in [0.2, 0.25) is 0 Å². The molecule has 0 amide bonds. The molecule has 1 aromatic rings. The number of carbonyl (C=O) groups is 1. The Kier molecular flexibility index (Phi) is 2.46. The molecule has 0 saturated carbocycles. The standard InChI is InChI=1S/C8H5F4NO/c9-6-4(3-14)1-2-5(7(6)13)8(10,11)12/h1-3H,13H2. The van der Waals surface area contributed by atoms with Gasteiger partial charge in [-0.05, 0) is 12.1 Å². The van der Waals surface area contributed by atoms with E-state index in [1.54, 1.807) is 0 Å². The maximum Gasteiger partial charge on any atom is 0.418 e. The molecule has 1 rings (SSSR count). The monoisotopic (exact) mass is 207 g/mol. The Balaban J connectivity index is 3.38. The van der Waals surface area contributed by atoms with Gasteiger partial charge in [-0.2, -0.15) is 13.2 Å². The molecule has 2 nitrogen and oxygen atoms in total. The second-order valence-corrected chi connectivity index (χ2v) is 2.55. The zero-order valence-electron chi connectivity index (χ0n) is 6.73. The Morgan fingerprint density at radius 1 is 1.29 bits per heavy atom. The lowest BCUT2D eigenvalue weighted by atomic mass is 10.1. The summed E-state index contributed by atoms with van der Waals surface area (Å²) in [6.07, 6.45) is -4.61. The van der Waals surface area contributed by atoms with Gasteiger partial charge < -0.3 is 5.73 Å². The molecule has 0 atom stereocenters. The van der Waals surface area contributed by atoms with E-state index in [1.165, 1.54) is 0 Å². The molecule has 0 aliphatic heterocycles. The van der Waals surface area contributed by atoms with E-state index in [0.29, 0.717) is 6.07 Å². The van der Waals surface area contributed by atoms with Gasteiger partial charge in [0.25, 0.3) is 0 Å². The fraction of sp³-hybridized carbons (Fsp3) is 0.125. The second kappa shape index (κ2) is 3.28. The zero-order valence-corrected chi connectivity index (χ0v) is 6.73. The number of hydrogen-bond donors (Lipinski definition) is 1. The van der Waals surface area contributed by atoms with Gasteiger partial charge in [0.2, 0.25) is 0 Å². The van der Waals surface area contributed by atoms with E-state index in [-0.39, 0.29) is 6.29 Å². The first kappa shape index (κ1) is 10.5. The summed E-state index contributed by atoms with van der Waals surface area (Å²) in [6.45, 7) is 0. The first-order valence-corrected chi connectivity index (χ1v) is 3.48. The Hall–Kier alpha value is -1.59.